The summed E-state index contributed by atoms with van der Waals surface area (Å²) in [4.78, 5) is 36.7. The summed E-state index contributed by atoms with van der Waals surface area (Å²) in [5.41, 5.74) is 0.923. The van der Waals surface area contributed by atoms with Crippen LogP contribution in [0.3, 0.4) is 0 Å². The highest BCUT2D eigenvalue weighted by Gasteiger charge is 2.34. The summed E-state index contributed by atoms with van der Waals surface area (Å²) >= 11 is 0. The molecule has 0 bridgehead atoms. The van der Waals surface area contributed by atoms with Crippen LogP contribution in [0.5, 0.6) is 0 Å². The molecule has 0 spiro atoms. The van der Waals surface area contributed by atoms with Crippen LogP contribution in [-0.2, 0) is 4.79 Å². The zero-order valence-electron chi connectivity index (χ0n) is 12.2. The van der Waals surface area contributed by atoms with Crippen molar-refractivity contribution in [2.45, 2.75) is 26.7 Å². The van der Waals surface area contributed by atoms with Gasteiger partial charge in [0.25, 0.3) is 11.8 Å². The second-order valence-corrected chi connectivity index (χ2v) is 5.23. The number of carbonyl (C=O) groups is 3. The van der Waals surface area contributed by atoms with E-state index in [1.807, 2.05) is 0 Å². The molecule has 4 nitrogen and oxygen atoms in total. The number of hydrogen-bond donors (Lipinski definition) is 0. The molecule has 0 saturated carbocycles. The Morgan fingerprint density at radius 1 is 1.14 bits per heavy atom. The minimum Gasteiger partial charge on any atom is -0.285 e. The number of carbonyl (C=O) groups excluding carboxylic acids is 3. The van der Waals surface area contributed by atoms with Crippen LogP contribution in [0.25, 0.3) is 0 Å². The van der Waals surface area contributed by atoms with Gasteiger partial charge in [0.05, 0.1) is 11.1 Å². The lowest BCUT2D eigenvalue weighted by Gasteiger charge is -2.12. The van der Waals surface area contributed by atoms with Gasteiger partial charge in [0, 0.05) is 18.9 Å². The first-order chi connectivity index (χ1) is 10.0. The highest BCUT2D eigenvalue weighted by atomic mass is 16.2. The molecule has 0 saturated heterocycles. The molecule has 1 aromatic carbocycles. The van der Waals surface area contributed by atoms with Crippen LogP contribution < -0.4 is 0 Å². The lowest BCUT2D eigenvalue weighted by atomic mass is 10.1. The van der Waals surface area contributed by atoms with E-state index in [9.17, 15) is 14.4 Å². The third-order valence-electron chi connectivity index (χ3n) is 3.30. The molecule has 1 aromatic rings. The molecule has 0 unspecified atom stereocenters. The quantitative estimate of drug-likeness (QED) is 0.369. The second-order valence-electron chi connectivity index (χ2n) is 5.23. The van der Waals surface area contributed by atoms with Crippen LogP contribution in [0.1, 0.15) is 47.4 Å². The third-order valence-corrected chi connectivity index (χ3v) is 3.30. The molecule has 1 heterocycles. The minimum absolute atomic E-state index is 0.0873. The number of imide groups is 1. The van der Waals surface area contributed by atoms with Gasteiger partial charge >= 0.3 is 0 Å². The zero-order valence-corrected chi connectivity index (χ0v) is 12.2. The van der Waals surface area contributed by atoms with E-state index in [0.29, 0.717) is 30.5 Å². The highest BCUT2D eigenvalue weighted by molar-refractivity contribution is 6.21. The summed E-state index contributed by atoms with van der Waals surface area (Å²) in [6.07, 6.45) is 1.07. The van der Waals surface area contributed by atoms with Gasteiger partial charge in [-0.1, -0.05) is 31.9 Å². The summed E-state index contributed by atoms with van der Waals surface area (Å²) < 4.78 is 0. The van der Waals surface area contributed by atoms with Gasteiger partial charge < -0.3 is 0 Å². The zero-order chi connectivity index (χ0) is 15.4. The van der Waals surface area contributed by atoms with E-state index in [1.165, 1.54) is 4.90 Å². The highest BCUT2D eigenvalue weighted by Crippen LogP contribution is 2.22. The molecular weight excluding hydrogens is 266 g/mol. The molecule has 21 heavy (non-hydrogen) atoms. The molecule has 2 rings (SSSR count). The number of Topliss-reactive ketones (excluding diaryl/α,β-unsaturated/α-hetero) is 1. The van der Waals surface area contributed by atoms with Crippen molar-refractivity contribution in [2.24, 2.45) is 5.92 Å². The lowest BCUT2D eigenvalue weighted by Crippen LogP contribution is -2.30. The van der Waals surface area contributed by atoms with Gasteiger partial charge in [0.1, 0.15) is 0 Å². The fourth-order valence-electron chi connectivity index (χ4n) is 2.06. The van der Waals surface area contributed by atoms with Crippen LogP contribution in [-0.4, -0.2) is 29.0 Å². The predicted octanol–water partition coefficient (Wildman–Crippen LogP) is 2.29. The first-order valence-electron chi connectivity index (χ1n) is 7.00. The monoisotopic (exact) mass is 283 g/mol. The first-order valence-corrected chi connectivity index (χ1v) is 7.00. The third kappa shape index (κ3) is 3.19. The Morgan fingerprint density at radius 2 is 1.71 bits per heavy atom. The van der Waals surface area contributed by atoms with Crippen molar-refractivity contribution >= 4 is 17.6 Å². The van der Waals surface area contributed by atoms with E-state index < -0.39 is 0 Å². The van der Waals surface area contributed by atoms with Crippen molar-refractivity contribution in [1.82, 2.24) is 4.90 Å². The van der Waals surface area contributed by atoms with Crippen molar-refractivity contribution in [3.63, 3.8) is 0 Å². The number of hydrogen-bond acceptors (Lipinski definition) is 3. The average molecular weight is 283 g/mol. The summed E-state index contributed by atoms with van der Waals surface area (Å²) in [7, 11) is 0. The average Bonchev–Trinajstić information content (AvgIpc) is 2.71. The van der Waals surface area contributed by atoms with Gasteiger partial charge in [0.15, 0.2) is 0 Å². The standard InChI is InChI=1S/C17H17NO3/c1-12(2)15(19)10-4-3-7-11-18-16(20)13-8-5-6-9-14(13)17(18)21/h5-6,8-9,12H,3,7,11H2,1-2H3. The van der Waals surface area contributed by atoms with E-state index >= 15 is 0 Å². The SMILES string of the molecule is CC(C)C(=O)C#CCCCN1C(=O)c2ccccc2C1=O. The molecule has 4 heteroatoms. The maximum absolute atomic E-state index is 12.1. The van der Waals surface area contributed by atoms with E-state index in [-0.39, 0.29) is 23.5 Å². The topological polar surface area (TPSA) is 54.5 Å². The van der Waals surface area contributed by atoms with Crippen molar-refractivity contribution in [3.8, 4) is 11.8 Å². The molecule has 2 amide bonds. The summed E-state index contributed by atoms with van der Waals surface area (Å²) in [6.45, 7) is 3.93. The number of fused-ring (bicyclic) bond motifs is 1. The molecule has 0 radical (unpaired) electrons. The Morgan fingerprint density at radius 3 is 2.24 bits per heavy atom. The summed E-state index contributed by atoms with van der Waals surface area (Å²) in [5, 5.41) is 0. The van der Waals surface area contributed by atoms with Gasteiger partial charge in [-0.3, -0.25) is 19.3 Å². The number of amides is 2. The van der Waals surface area contributed by atoms with E-state index in [1.54, 1.807) is 38.1 Å². The summed E-state index contributed by atoms with van der Waals surface area (Å²) in [6, 6.07) is 6.82. The van der Waals surface area contributed by atoms with E-state index in [4.69, 9.17) is 0 Å². The van der Waals surface area contributed by atoms with E-state index in [0.717, 1.165) is 0 Å². The van der Waals surface area contributed by atoms with Crippen molar-refractivity contribution in [1.29, 1.82) is 0 Å². The van der Waals surface area contributed by atoms with Crippen molar-refractivity contribution < 1.29 is 14.4 Å². The Labute approximate surface area is 124 Å². The molecule has 1 aliphatic heterocycles. The van der Waals surface area contributed by atoms with Gasteiger partial charge in [0.2, 0.25) is 5.78 Å². The second kappa shape index (κ2) is 6.36. The van der Waals surface area contributed by atoms with Crippen LogP contribution in [0, 0.1) is 17.8 Å². The number of ketones is 1. The Balaban J connectivity index is 1.90. The van der Waals surface area contributed by atoms with Gasteiger partial charge in [-0.15, -0.1) is 0 Å². The van der Waals surface area contributed by atoms with Crippen molar-refractivity contribution in [2.75, 3.05) is 6.54 Å². The van der Waals surface area contributed by atoms with Gasteiger partial charge in [-0.2, -0.15) is 0 Å². The predicted molar refractivity (Wildman–Crippen MR) is 78.7 cm³/mol. The normalized spacial score (nSPS) is 13.2. The number of unbranched alkanes of at least 4 members (excludes halogenated alkanes) is 1. The molecule has 0 atom stereocenters. The van der Waals surface area contributed by atoms with Crippen molar-refractivity contribution in [3.05, 3.63) is 35.4 Å². The van der Waals surface area contributed by atoms with Crippen LogP contribution in [0.2, 0.25) is 0 Å². The fourth-order valence-corrected chi connectivity index (χ4v) is 2.06. The van der Waals surface area contributed by atoms with Crippen LogP contribution in [0.15, 0.2) is 24.3 Å². The van der Waals surface area contributed by atoms with Gasteiger partial charge in [-0.05, 0) is 24.5 Å². The number of benzene rings is 1. The molecule has 0 aliphatic carbocycles. The Kier molecular flexibility index (Phi) is 4.54. The number of rotatable bonds is 4. The largest absolute Gasteiger partial charge is 0.285 e. The fraction of sp³-hybridized carbons (Fsp3) is 0.353. The van der Waals surface area contributed by atoms with Crippen LogP contribution >= 0.6 is 0 Å². The Bertz CT molecular complexity index is 614. The van der Waals surface area contributed by atoms with Crippen LogP contribution in [0.4, 0.5) is 0 Å². The van der Waals surface area contributed by atoms with Gasteiger partial charge in [-0.25, -0.2) is 0 Å². The molecule has 0 aromatic heterocycles. The summed E-state index contributed by atoms with van der Waals surface area (Å²) in [5.74, 6) is 4.69. The minimum atomic E-state index is -0.248. The molecular formula is C17H17NO3. The number of nitrogens with zero attached hydrogens (tertiary/aromatic N) is 1. The molecule has 1 aliphatic rings. The maximum Gasteiger partial charge on any atom is 0.261 e. The van der Waals surface area contributed by atoms with E-state index in [2.05, 4.69) is 11.8 Å². The molecule has 0 fully saturated rings. The lowest BCUT2D eigenvalue weighted by molar-refractivity contribution is -0.116. The molecule has 108 valence electrons. The first kappa shape index (κ1) is 15.0. The smallest absolute Gasteiger partial charge is 0.261 e. The molecule has 0 N–H and O–H groups in total. The Hall–Kier alpha value is -2.41. The maximum atomic E-state index is 12.1.